The summed E-state index contributed by atoms with van der Waals surface area (Å²) < 4.78 is 36.4. The van der Waals surface area contributed by atoms with Crippen LogP contribution in [0.25, 0.3) is 0 Å². The summed E-state index contributed by atoms with van der Waals surface area (Å²) in [6.07, 6.45) is -1.75. The van der Waals surface area contributed by atoms with Crippen LogP contribution in [-0.2, 0) is 23.8 Å². The number of ether oxygens (including phenoxy) is 2. The Morgan fingerprint density at radius 1 is 1.47 bits per heavy atom. The smallest absolute Gasteiger partial charge is 0.267 e. The Labute approximate surface area is 86.7 Å². The number of aliphatic hydroxyl groups is 2. The van der Waals surface area contributed by atoms with Crippen molar-refractivity contribution in [2.75, 3.05) is 19.5 Å². The van der Waals surface area contributed by atoms with E-state index in [2.05, 4.69) is 4.18 Å². The topological polar surface area (TPSA) is 102 Å². The van der Waals surface area contributed by atoms with Crippen LogP contribution in [0.15, 0.2) is 0 Å². The average Bonchev–Trinajstić information content (AvgIpc) is 2.53. The van der Waals surface area contributed by atoms with E-state index in [1.165, 1.54) is 0 Å². The van der Waals surface area contributed by atoms with E-state index in [0.29, 0.717) is 0 Å². The minimum absolute atomic E-state index is 0.00916. The second kappa shape index (κ2) is 3.37. The second-order valence-electron chi connectivity index (χ2n) is 3.73. The predicted octanol–water partition coefficient (Wildman–Crippen LogP) is -2.19. The molecule has 0 aromatic rings. The van der Waals surface area contributed by atoms with E-state index in [9.17, 15) is 18.6 Å². The van der Waals surface area contributed by atoms with Gasteiger partial charge in [0.15, 0.2) is 0 Å². The predicted molar refractivity (Wildman–Crippen MR) is 46.4 cm³/mol. The normalized spacial score (nSPS) is 45.7. The summed E-state index contributed by atoms with van der Waals surface area (Å²) in [4.78, 5) is 0. The maximum Gasteiger partial charge on any atom is 0.267 e. The van der Waals surface area contributed by atoms with Crippen LogP contribution in [0, 0.1) is 0 Å². The molecule has 2 aliphatic heterocycles. The van der Waals surface area contributed by atoms with E-state index >= 15 is 0 Å². The molecule has 4 atom stereocenters. The van der Waals surface area contributed by atoms with Gasteiger partial charge in [0.25, 0.3) is 10.1 Å². The van der Waals surface area contributed by atoms with Crippen molar-refractivity contribution in [2.24, 2.45) is 0 Å². The summed E-state index contributed by atoms with van der Waals surface area (Å²) in [5, 5.41) is 19.2. The van der Waals surface area contributed by atoms with Crippen LogP contribution in [0.1, 0.15) is 0 Å². The zero-order valence-corrected chi connectivity index (χ0v) is 8.81. The Morgan fingerprint density at radius 2 is 2.13 bits per heavy atom. The molecule has 2 N–H and O–H groups in total. The van der Waals surface area contributed by atoms with Crippen LogP contribution in [-0.4, -0.2) is 62.2 Å². The molecule has 0 aromatic carbocycles. The van der Waals surface area contributed by atoms with Gasteiger partial charge in [-0.15, -0.1) is 0 Å². The van der Waals surface area contributed by atoms with Crippen LogP contribution in [0.5, 0.6) is 0 Å². The van der Waals surface area contributed by atoms with E-state index in [1.807, 2.05) is 0 Å². The van der Waals surface area contributed by atoms with E-state index < -0.39 is 34.2 Å². The molecule has 2 fully saturated rings. The Morgan fingerprint density at radius 3 is 2.73 bits per heavy atom. The van der Waals surface area contributed by atoms with Crippen molar-refractivity contribution in [3.05, 3.63) is 0 Å². The monoisotopic (exact) mass is 240 g/mol. The molecule has 0 aromatic heterocycles. The molecule has 2 rings (SSSR count). The minimum atomic E-state index is -3.81. The van der Waals surface area contributed by atoms with Crippen LogP contribution in [0.3, 0.4) is 0 Å². The first-order valence-electron chi connectivity index (χ1n) is 4.36. The van der Waals surface area contributed by atoms with Gasteiger partial charge in [-0.05, 0) is 0 Å². The summed E-state index contributed by atoms with van der Waals surface area (Å²) in [7, 11) is -3.81. The van der Waals surface area contributed by atoms with E-state index in [1.54, 1.807) is 0 Å². The number of hydrogen-bond acceptors (Lipinski definition) is 7. The summed E-state index contributed by atoms with van der Waals surface area (Å²) >= 11 is 0. The fourth-order valence-corrected chi connectivity index (χ4v) is 2.48. The third-order valence-electron chi connectivity index (χ3n) is 2.35. The van der Waals surface area contributed by atoms with Crippen molar-refractivity contribution in [3.63, 3.8) is 0 Å². The Hall–Kier alpha value is -0.250. The van der Waals surface area contributed by atoms with Crippen molar-refractivity contribution >= 4 is 10.1 Å². The van der Waals surface area contributed by atoms with Crippen molar-refractivity contribution in [2.45, 2.75) is 24.1 Å². The fraction of sp³-hybridized carbons (Fsp3) is 1.00. The molecule has 0 bridgehead atoms. The molecule has 0 unspecified atom stereocenters. The van der Waals surface area contributed by atoms with Gasteiger partial charge in [-0.1, -0.05) is 0 Å². The Kier molecular flexibility index (Phi) is 2.53. The molecule has 2 heterocycles. The van der Waals surface area contributed by atoms with Crippen molar-refractivity contribution < 1.29 is 32.3 Å². The maximum atomic E-state index is 10.9. The quantitative estimate of drug-likeness (QED) is 0.417. The molecule has 0 amide bonds. The van der Waals surface area contributed by atoms with Gasteiger partial charge in [-0.3, -0.25) is 0 Å². The van der Waals surface area contributed by atoms with Crippen molar-refractivity contribution in [3.8, 4) is 0 Å². The first-order chi connectivity index (χ1) is 6.82. The van der Waals surface area contributed by atoms with Gasteiger partial charge in [0, 0.05) is 0 Å². The van der Waals surface area contributed by atoms with E-state index in [0.717, 1.165) is 6.26 Å². The van der Waals surface area contributed by atoms with Gasteiger partial charge in [0.05, 0.1) is 12.9 Å². The van der Waals surface area contributed by atoms with Crippen molar-refractivity contribution in [1.82, 2.24) is 0 Å². The zero-order chi connectivity index (χ0) is 11.3. The lowest BCUT2D eigenvalue weighted by molar-refractivity contribution is -0.189. The molecule has 0 aliphatic carbocycles. The Bertz CT molecular complexity index is 352. The number of rotatable bonds is 2. The van der Waals surface area contributed by atoms with Crippen LogP contribution >= 0.6 is 0 Å². The lowest BCUT2D eigenvalue weighted by Gasteiger charge is -2.24. The first kappa shape index (κ1) is 11.2. The second-order valence-corrected chi connectivity index (χ2v) is 5.30. The summed E-state index contributed by atoms with van der Waals surface area (Å²) in [6, 6.07) is 0. The van der Waals surface area contributed by atoms with E-state index in [-0.39, 0.29) is 13.2 Å². The lowest BCUT2D eigenvalue weighted by Crippen LogP contribution is -2.47. The number of fused-ring (bicyclic) bond motifs is 1. The molecule has 88 valence electrons. The van der Waals surface area contributed by atoms with Crippen LogP contribution in [0.2, 0.25) is 0 Å². The van der Waals surface area contributed by atoms with Crippen molar-refractivity contribution in [1.29, 1.82) is 0 Å². The highest BCUT2D eigenvalue weighted by Crippen LogP contribution is 2.35. The standard InChI is InChI=1S/C7H12O7S/c1-15(10,11)14-7(9)3-13-5-4(8)2-12-6(5)7/h4-6,8-9H,2-3H2,1H3/t4-,5-,6+,7+/m1/s1. The highest BCUT2D eigenvalue weighted by Gasteiger charge is 2.58. The molecule has 0 spiro atoms. The lowest BCUT2D eigenvalue weighted by atomic mass is 10.1. The highest BCUT2D eigenvalue weighted by atomic mass is 32.2. The van der Waals surface area contributed by atoms with E-state index in [4.69, 9.17) is 9.47 Å². The zero-order valence-electron chi connectivity index (χ0n) is 7.99. The summed E-state index contributed by atoms with van der Waals surface area (Å²) in [6.45, 7) is -0.350. The SMILES string of the molecule is CS(=O)(=O)O[C@@]1(O)CO[C@@H]2[C@H](O)CO[C@@H]21. The highest BCUT2D eigenvalue weighted by molar-refractivity contribution is 7.86. The van der Waals surface area contributed by atoms with Gasteiger partial charge in [-0.25, -0.2) is 4.18 Å². The third-order valence-corrected chi connectivity index (χ3v) is 2.94. The molecule has 2 aliphatic rings. The minimum Gasteiger partial charge on any atom is -0.388 e. The summed E-state index contributed by atoms with van der Waals surface area (Å²) in [5.74, 6) is -2.03. The van der Waals surface area contributed by atoms with Gasteiger partial charge in [0.1, 0.15) is 24.9 Å². The molecule has 8 heteroatoms. The molecule has 0 saturated carbocycles. The molecule has 7 nitrogen and oxygen atoms in total. The van der Waals surface area contributed by atoms with Gasteiger partial charge >= 0.3 is 0 Å². The largest absolute Gasteiger partial charge is 0.388 e. The number of hydrogen-bond donors (Lipinski definition) is 2. The number of aliphatic hydroxyl groups excluding tert-OH is 1. The molecule has 15 heavy (non-hydrogen) atoms. The average molecular weight is 240 g/mol. The van der Waals surface area contributed by atoms with Crippen LogP contribution in [0.4, 0.5) is 0 Å². The maximum absolute atomic E-state index is 10.9. The first-order valence-corrected chi connectivity index (χ1v) is 6.18. The molecular weight excluding hydrogens is 228 g/mol. The third kappa shape index (κ3) is 2.01. The molecule has 2 saturated heterocycles. The fourth-order valence-electron chi connectivity index (χ4n) is 1.81. The van der Waals surface area contributed by atoms with Gasteiger partial charge in [0.2, 0.25) is 5.79 Å². The Balaban J connectivity index is 2.17. The molecular formula is C7H12O7S. The van der Waals surface area contributed by atoms with Gasteiger partial charge < -0.3 is 19.7 Å². The molecule has 0 radical (unpaired) electrons. The summed E-state index contributed by atoms with van der Waals surface area (Å²) in [5.41, 5.74) is 0. The van der Waals surface area contributed by atoms with Crippen LogP contribution < -0.4 is 0 Å². The van der Waals surface area contributed by atoms with Gasteiger partial charge in [-0.2, -0.15) is 8.42 Å².